The molecule has 0 aliphatic rings. The molecule has 1 heterocycles. The van der Waals surface area contributed by atoms with E-state index in [-0.39, 0.29) is 18.3 Å². The molecule has 3 rings (SSSR count). The van der Waals surface area contributed by atoms with E-state index in [0.29, 0.717) is 27.7 Å². The molecule has 0 spiro atoms. The maximum Gasteiger partial charge on any atom is 0.277 e. The van der Waals surface area contributed by atoms with Gasteiger partial charge in [0.15, 0.2) is 6.61 Å². The molecule has 3 aromatic rings. The van der Waals surface area contributed by atoms with Crippen molar-refractivity contribution in [2.75, 3.05) is 11.1 Å². The van der Waals surface area contributed by atoms with Crippen molar-refractivity contribution in [3.63, 3.8) is 0 Å². The Kier molecular flexibility index (Phi) is 7.17. The number of aromatic nitrogens is 2. The van der Waals surface area contributed by atoms with Crippen LogP contribution in [0.4, 0.5) is 5.69 Å². The summed E-state index contributed by atoms with van der Waals surface area (Å²) in [5, 5.41) is 11.6. The second-order valence-electron chi connectivity index (χ2n) is 6.77. The maximum atomic E-state index is 12.2. The minimum atomic E-state index is -0.179. The molecule has 0 unspecified atom stereocenters. The first kappa shape index (κ1) is 21.2. The van der Waals surface area contributed by atoms with Crippen LogP contribution in [0.3, 0.4) is 0 Å². The Hall–Kier alpha value is -2.51. The van der Waals surface area contributed by atoms with Gasteiger partial charge >= 0.3 is 0 Å². The number of hydrogen-bond acceptors (Lipinski definition) is 6. The quantitative estimate of drug-likeness (QED) is 0.477. The van der Waals surface area contributed by atoms with Gasteiger partial charge in [0.1, 0.15) is 5.75 Å². The molecule has 0 atom stereocenters. The van der Waals surface area contributed by atoms with Gasteiger partial charge in [-0.3, -0.25) is 4.79 Å². The fraction of sp³-hybridized carbons (Fsp3) is 0.286. The number of aryl methyl sites for hydroxylation is 1. The second kappa shape index (κ2) is 9.80. The smallest absolute Gasteiger partial charge is 0.277 e. The lowest BCUT2D eigenvalue weighted by Gasteiger charge is -2.08. The summed E-state index contributed by atoms with van der Waals surface area (Å²) in [7, 11) is 0. The van der Waals surface area contributed by atoms with Crippen molar-refractivity contribution in [1.82, 2.24) is 10.2 Å². The predicted octanol–water partition coefficient (Wildman–Crippen LogP) is 5.46. The van der Waals surface area contributed by atoms with Crippen LogP contribution in [0.5, 0.6) is 5.75 Å². The Morgan fingerprint density at radius 3 is 2.69 bits per heavy atom. The van der Waals surface area contributed by atoms with Crippen LogP contribution in [0.2, 0.25) is 5.02 Å². The Bertz CT molecular complexity index is 974. The van der Waals surface area contributed by atoms with Gasteiger partial charge in [-0.15, -0.1) is 10.2 Å². The molecular formula is C21H22ClN3O3S. The minimum absolute atomic E-state index is 0.144. The summed E-state index contributed by atoms with van der Waals surface area (Å²) in [6.45, 7) is 6.36. The molecule has 1 N–H and O–H groups in total. The molecule has 1 amide bonds. The number of nitrogens with one attached hydrogen (secondary N) is 1. The molecule has 0 saturated heterocycles. The molecule has 8 heteroatoms. The van der Waals surface area contributed by atoms with E-state index in [0.717, 1.165) is 23.1 Å². The van der Waals surface area contributed by atoms with Gasteiger partial charge in [0.2, 0.25) is 5.91 Å². The number of halogens is 1. The molecule has 152 valence electrons. The summed E-state index contributed by atoms with van der Waals surface area (Å²) >= 11 is 7.13. The SMILES string of the molecule is Cc1ccc(Cl)cc1NC(=O)CSc1nnc(COc2ccc(C(C)C)cc2)o1. The normalized spacial score (nSPS) is 10.9. The van der Waals surface area contributed by atoms with Gasteiger partial charge in [-0.05, 0) is 48.2 Å². The number of hydrogen-bond donors (Lipinski definition) is 1. The van der Waals surface area contributed by atoms with E-state index in [1.807, 2.05) is 37.3 Å². The molecular weight excluding hydrogens is 410 g/mol. The highest BCUT2D eigenvalue weighted by Crippen LogP contribution is 2.22. The monoisotopic (exact) mass is 431 g/mol. The first-order valence-electron chi connectivity index (χ1n) is 9.14. The van der Waals surface area contributed by atoms with Crippen LogP contribution in [-0.4, -0.2) is 21.9 Å². The van der Waals surface area contributed by atoms with Crippen molar-refractivity contribution in [3.05, 3.63) is 64.5 Å². The predicted molar refractivity (Wildman–Crippen MR) is 115 cm³/mol. The molecule has 1 aromatic heterocycles. The Balaban J connectivity index is 1.47. The highest BCUT2D eigenvalue weighted by atomic mass is 35.5. The fourth-order valence-electron chi connectivity index (χ4n) is 2.49. The Morgan fingerprint density at radius 1 is 1.21 bits per heavy atom. The maximum absolute atomic E-state index is 12.2. The van der Waals surface area contributed by atoms with Crippen LogP contribution in [0, 0.1) is 6.92 Å². The molecule has 0 bridgehead atoms. The van der Waals surface area contributed by atoms with Crippen molar-refractivity contribution >= 4 is 35.0 Å². The van der Waals surface area contributed by atoms with Crippen molar-refractivity contribution < 1.29 is 13.9 Å². The number of ether oxygens (including phenoxy) is 1. The first-order valence-corrected chi connectivity index (χ1v) is 10.5. The standard InChI is InChI=1S/C21H22ClN3O3S/c1-13(2)15-5-8-17(9-6-15)27-11-20-24-25-21(28-20)29-12-19(26)23-18-10-16(22)7-4-14(18)3/h4-10,13H,11-12H2,1-3H3,(H,23,26). The number of benzene rings is 2. The van der Waals surface area contributed by atoms with Gasteiger partial charge in [0.25, 0.3) is 11.1 Å². The fourth-order valence-corrected chi connectivity index (χ4v) is 3.24. The molecule has 29 heavy (non-hydrogen) atoms. The minimum Gasteiger partial charge on any atom is -0.484 e. The summed E-state index contributed by atoms with van der Waals surface area (Å²) in [6, 6.07) is 13.3. The molecule has 0 fully saturated rings. The largest absolute Gasteiger partial charge is 0.484 e. The number of carbonyl (C=O) groups excluding carboxylic acids is 1. The second-order valence-corrected chi connectivity index (χ2v) is 8.13. The third-order valence-electron chi connectivity index (χ3n) is 4.16. The van der Waals surface area contributed by atoms with Crippen LogP contribution >= 0.6 is 23.4 Å². The van der Waals surface area contributed by atoms with Gasteiger partial charge in [0.05, 0.1) is 5.75 Å². The number of anilines is 1. The number of thioether (sulfide) groups is 1. The van der Waals surface area contributed by atoms with Crippen molar-refractivity contribution in [3.8, 4) is 5.75 Å². The van der Waals surface area contributed by atoms with E-state index >= 15 is 0 Å². The number of amides is 1. The average Bonchev–Trinajstić information content (AvgIpc) is 3.16. The van der Waals surface area contributed by atoms with E-state index < -0.39 is 0 Å². The van der Waals surface area contributed by atoms with Gasteiger partial charge < -0.3 is 14.5 Å². The van der Waals surface area contributed by atoms with Gasteiger partial charge in [-0.2, -0.15) is 0 Å². The number of rotatable bonds is 8. The van der Waals surface area contributed by atoms with E-state index in [9.17, 15) is 4.79 Å². The Morgan fingerprint density at radius 2 is 1.97 bits per heavy atom. The van der Waals surface area contributed by atoms with E-state index in [2.05, 4.69) is 29.4 Å². The van der Waals surface area contributed by atoms with Crippen molar-refractivity contribution in [2.24, 2.45) is 0 Å². The first-order chi connectivity index (χ1) is 13.9. The summed E-state index contributed by atoms with van der Waals surface area (Å²) in [5.41, 5.74) is 2.87. The number of nitrogens with zero attached hydrogens (tertiary/aromatic N) is 2. The summed E-state index contributed by atoms with van der Waals surface area (Å²) in [6.07, 6.45) is 0. The average molecular weight is 432 g/mol. The third-order valence-corrected chi connectivity index (χ3v) is 5.21. The highest BCUT2D eigenvalue weighted by Gasteiger charge is 2.12. The topological polar surface area (TPSA) is 77.2 Å². The highest BCUT2D eigenvalue weighted by molar-refractivity contribution is 7.99. The lowest BCUT2D eigenvalue weighted by molar-refractivity contribution is -0.113. The zero-order valence-electron chi connectivity index (χ0n) is 16.4. The molecule has 0 aliphatic heterocycles. The van der Waals surface area contributed by atoms with E-state index in [1.165, 1.54) is 5.56 Å². The van der Waals surface area contributed by atoms with Gasteiger partial charge in [-0.1, -0.05) is 55.4 Å². The summed E-state index contributed by atoms with van der Waals surface area (Å²) in [4.78, 5) is 12.2. The number of carbonyl (C=O) groups is 1. The van der Waals surface area contributed by atoms with Crippen LogP contribution in [0.25, 0.3) is 0 Å². The molecule has 6 nitrogen and oxygen atoms in total. The molecule has 0 saturated carbocycles. The molecule has 2 aromatic carbocycles. The third kappa shape index (κ3) is 6.24. The van der Waals surface area contributed by atoms with Crippen LogP contribution in [0.1, 0.15) is 36.8 Å². The van der Waals surface area contributed by atoms with Gasteiger partial charge in [-0.25, -0.2) is 0 Å². The van der Waals surface area contributed by atoms with Crippen LogP contribution < -0.4 is 10.1 Å². The van der Waals surface area contributed by atoms with Crippen LogP contribution in [0.15, 0.2) is 52.1 Å². The zero-order chi connectivity index (χ0) is 20.8. The lowest BCUT2D eigenvalue weighted by atomic mass is 10.0. The Labute approximate surface area is 179 Å². The zero-order valence-corrected chi connectivity index (χ0v) is 18.0. The van der Waals surface area contributed by atoms with Gasteiger partial charge in [0, 0.05) is 10.7 Å². The molecule has 0 aliphatic carbocycles. The lowest BCUT2D eigenvalue weighted by Crippen LogP contribution is -2.14. The van der Waals surface area contributed by atoms with Crippen molar-refractivity contribution in [1.29, 1.82) is 0 Å². The van der Waals surface area contributed by atoms with Crippen molar-refractivity contribution in [2.45, 2.75) is 38.5 Å². The van der Waals surface area contributed by atoms with E-state index in [1.54, 1.807) is 12.1 Å². The van der Waals surface area contributed by atoms with Crippen LogP contribution in [-0.2, 0) is 11.4 Å². The molecule has 0 radical (unpaired) electrons. The van der Waals surface area contributed by atoms with E-state index in [4.69, 9.17) is 20.8 Å². The summed E-state index contributed by atoms with van der Waals surface area (Å²) < 4.78 is 11.2. The summed E-state index contributed by atoms with van der Waals surface area (Å²) in [5.74, 6) is 1.52.